The van der Waals surface area contributed by atoms with Crippen molar-refractivity contribution in [1.82, 2.24) is 0 Å². The van der Waals surface area contributed by atoms with E-state index in [2.05, 4.69) is 0 Å². The molecule has 0 aliphatic carbocycles. The Hall–Kier alpha value is -2.89. The summed E-state index contributed by atoms with van der Waals surface area (Å²) in [4.78, 5) is 21.4. The lowest BCUT2D eigenvalue weighted by Gasteiger charge is -2.16. The second kappa shape index (κ2) is 6.04. The van der Waals surface area contributed by atoms with E-state index in [0.29, 0.717) is 11.3 Å². The number of nitro benzene ring substituents is 1. The fraction of sp³-hybridized carbons (Fsp3) is 0.133. The van der Waals surface area contributed by atoms with Crippen LogP contribution in [0.1, 0.15) is 17.2 Å². The SMILES string of the molecule is Cc1ccccc1OC(C(=O)O)c1ccc([N+](=O)[O-])cc1. The molecule has 6 heteroatoms. The third-order valence-corrected chi connectivity index (χ3v) is 2.97. The summed E-state index contributed by atoms with van der Waals surface area (Å²) < 4.78 is 5.52. The second-order valence-corrected chi connectivity index (χ2v) is 4.45. The van der Waals surface area contributed by atoms with Crippen LogP contribution in [0.15, 0.2) is 48.5 Å². The molecule has 0 saturated carbocycles. The highest BCUT2D eigenvalue weighted by atomic mass is 16.6. The van der Waals surface area contributed by atoms with Crippen LogP contribution in [-0.4, -0.2) is 16.0 Å². The van der Waals surface area contributed by atoms with E-state index >= 15 is 0 Å². The van der Waals surface area contributed by atoms with Gasteiger partial charge in [-0.15, -0.1) is 0 Å². The minimum atomic E-state index is -1.22. The number of nitrogens with zero attached hydrogens (tertiary/aromatic N) is 1. The number of non-ortho nitro benzene ring substituents is 1. The average Bonchev–Trinajstić information content (AvgIpc) is 2.46. The van der Waals surface area contributed by atoms with Gasteiger partial charge in [0.1, 0.15) is 5.75 Å². The average molecular weight is 287 g/mol. The van der Waals surface area contributed by atoms with E-state index in [0.717, 1.165) is 5.56 Å². The summed E-state index contributed by atoms with van der Waals surface area (Å²) in [5, 5.41) is 19.9. The van der Waals surface area contributed by atoms with Crippen LogP contribution < -0.4 is 4.74 Å². The molecule has 0 radical (unpaired) electrons. The van der Waals surface area contributed by atoms with Crippen molar-refractivity contribution in [2.24, 2.45) is 0 Å². The van der Waals surface area contributed by atoms with Crippen molar-refractivity contribution in [3.05, 3.63) is 69.8 Å². The molecule has 1 unspecified atom stereocenters. The smallest absolute Gasteiger partial charge is 0.349 e. The first-order chi connectivity index (χ1) is 9.99. The van der Waals surface area contributed by atoms with Crippen molar-refractivity contribution < 1.29 is 19.6 Å². The van der Waals surface area contributed by atoms with E-state index in [-0.39, 0.29) is 5.69 Å². The number of carbonyl (C=O) groups is 1. The van der Waals surface area contributed by atoms with E-state index in [4.69, 9.17) is 4.74 Å². The molecule has 0 spiro atoms. The minimum Gasteiger partial charge on any atom is -0.478 e. The molecule has 2 aromatic carbocycles. The van der Waals surface area contributed by atoms with Crippen molar-refractivity contribution in [2.45, 2.75) is 13.0 Å². The fourth-order valence-electron chi connectivity index (χ4n) is 1.85. The first-order valence-corrected chi connectivity index (χ1v) is 6.18. The van der Waals surface area contributed by atoms with Crippen molar-refractivity contribution in [3.8, 4) is 5.75 Å². The topological polar surface area (TPSA) is 89.7 Å². The molecule has 2 aromatic rings. The third-order valence-electron chi connectivity index (χ3n) is 2.97. The Kier molecular flexibility index (Phi) is 4.18. The number of para-hydroxylation sites is 1. The van der Waals surface area contributed by atoms with Gasteiger partial charge in [-0.3, -0.25) is 10.1 Å². The van der Waals surface area contributed by atoms with Crippen molar-refractivity contribution in [3.63, 3.8) is 0 Å². The zero-order chi connectivity index (χ0) is 15.4. The zero-order valence-corrected chi connectivity index (χ0v) is 11.2. The van der Waals surface area contributed by atoms with Gasteiger partial charge in [0, 0.05) is 17.7 Å². The number of aryl methyl sites for hydroxylation is 1. The van der Waals surface area contributed by atoms with Crippen LogP contribution >= 0.6 is 0 Å². The van der Waals surface area contributed by atoms with Crippen LogP contribution in [-0.2, 0) is 4.79 Å². The van der Waals surface area contributed by atoms with Crippen LogP contribution in [0.2, 0.25) is 0 Å². The van der Waals surface area contributed by atoms with Gasteiger partial charge >= 0.3 is 5.97 Å². The predicted molar refractivity (Wildman–Crippen MR) is 75.3 cm³/mol. The van der Waals surface area contributed by atoms with E-state index in [1.54, 1.807) is 12.1 Å². The van der Waals surface area contributed by atoms with Gasteiger partial charge in [-0.2, -0.15) is 0 Å². The maximum Gasteiger partial charge on any atom is 0.349 e. The van der Waals surface area contributed by atoms with Crippen LogP contribution in [0, 0.1) is 17.0 Å². The number of carboxylic acid groups (broad SMARTS) is 1. The first-order valence-electron chi connectivity index (χ1n) is 6.18. The normalized spacial score (nSPS) is 11.7. The number of ether oxygens (including phenoxy) is 1. The fourth-order valence-corrected chi connectivity index (χ4v) is 1.85. The molecule has 0 bridgehead atoms. The van der Waals surface area contributed by atoms with Gasteiger partial charge in [0.25, 0.3) is 5.69 Å². The Labute approximate surface area is 120 Å². The molecule has 1 N–H and O–H groups in total. The van der Waals surface area contributed by atoms with E-state index < -0.39 is 17.0 Å². The Morgan fingerprint density at radius 1 is 1.19 bits per heavy atom. The van der Waals surface area contributed by atoms with Gasteiger partial charge in [0.05, 0.1) is 4.92 Å². The number of benzene rings is 2. The number of hydrogen-bond donors (Lipinski definition) is 1. The Morgan fingerprint density at radius 3 is 2.33 bits per heavy atom. The van der Waals surface area contributed by atoms with Crippen molar-refractivity contribution in [2.75, 3.05) is 0 Å². The highest BCUT2D eigenvalue weighted by Crippen LogP contribution is 2.26. The van der Waals surface area contributed by atoms with Crippen LogP contribution in [0.25, 0.3) is 0 Å². The number of aliphatic carboxylic acids is 1. The summed E-state index contributed by atoms with van der Waals surface area (Å²) in [7, 11) is 0. The molecular weight excluding hydrogens is 274 g/mol. The Bertz CT molecular complexity index is 666. The largest absolute Gasteiger partial charge is 0.478 e. The van der Waals surface area contributed by atoms with Gasteiger partial charge in [-0.05, 0) is 30.7 Å². The molecule has 2 rings (SSSR count). The van der Waals surface area contributed by atoms with Crippen LogP contribution in [0.3, 0.4) is 0 Å². The van der Waals surface area contributed by atoms with E-state index in [1.165, 1.54) is 24.3 Å². The lowest BCUT2D eigenvalue weighted by atomic mass is 10.1. The summed E-state index contributed by atoms with van der Waals surface area (Å²) in [6.45, 7) is 1.81. The minimum absolute atomic E-state index is 0.0984. The highest BCUT2D eigenvalue weighted by molar-refractivity contribution is 5.75. The molecule has 0 fully saturated rings. The summed E-state index contributed by atoms with van der Waals surface area (Å²) in [6.07, 6.45) is -1.22. The van der Waals surface area contributed by atoms with Crippen molar-refractivity contribution >= 4 is 11.7 Å². The second-order valence-electron chi connectivity index (χ2n) is 4.45. The van der Waals surface area contributed by atoms with Gasteiger partial charge < -0.3 is 9.84 Å². The maximum atomic E-state index is 11.4. The standard InChI is InChI=1S/C15H13NO5/c1-10-4-2-3-5-13(10)21-14(15(17)18)11-6-8-12(9-7-11)16(19)20/h2-9,14H,1H3,(H,17,18). The summed E-state index contributed by atoms with van der Waals surface area (Å²) in [5.41, 5.74) is 1.06. The van der Waals surface area contributed by atoms with Gasteiger partial charge in [0.2, 0.25) is 6.10 Å². The van der Waals surface area contributed by atoms with E-state index in [1.807, 2.05) is 19.1 Å². The molecule has 21 heavy (non-hydrogen) atoms. The Balaban J connectivity index is 2.29. The quantitative estimate of drug-likeness (QED) is 0.674. The monoisotopic (exact) mass is 287 g/mol. The molecular formula is C15H13NO5. The lowest BCUT2D eigenvalue weighted by Crippen LogP contribution is -2.18. The molecule has 6 nitrogen and oxygen atoms in total. The highest BCUT2D eigenvalue weighted by Gasteiger charge is 2.23. The molecule has 0 aliphatic rings. The number of carboxylic acids is 1. The van der Waals surface area contributed by atoms with Gasteiger partial charge in [0.15, 0.2) is 0 Å². The van der Waals surface area contributed by atoms with Gasteiger partial charge in [-0.1, -0.05) is 18.2 Å². The molecule has 0 aliphatic heterocycles. The molecule has 0 aromatic heterocycles. The predicted octanol–water partition coefficient (Wildman–Crippen LogP) is 3.11. The van der Waals surface area contributed by atoms with Crippen LogP contribution in [0.5, 0.6) is 5.75 Å². The summed E-state index contributed by atoms with van der Waals surface area (Å²) in [5.74, 6) is -0.699. The maximum absolute atomic E-state index is 11.4. The zero-order valence-electron chi connectivity index (χ0n) is 11.2. The van der Waals surface area contributed by atoms with Gasteiger partial charge in [-0.25, -0.2) is 4.79 Å². The van der Waals surface area contributed by atoms with Crippen LogP contribution in [0.4, 0.5) is 5.69 Å². The lowest BCUT2D eigenvalue weighted by molar-refractivity contribution is -0.384. The Morgan fingerprint density at radius 2 is 1.81 bits per heavy atom. The number of nitro groups is 1. The molecule has 0 amide bonds. The number of rotatable bonds is 5. The molecule has 1 atom stereocenters. The molecule has 0 saturated heterocycles. The number of hydrogen-bond acceptors (Lipinski definition) is 4. The van der Waals surface area contributed by atoms with E-state index in [9.17, 15) is 20.0 Å². The summed E-state index contributed by atoms with van der Waals surface area (Å²) >= 11 is 0. The third kappa shape index (κ3) is 3.36. The first kappa shape index (κ1) is 14.5. The molecule has 108 valence electrons. The molecule has 0 heterocycles. The van der Waals surface area contributed by atoms with Crippen molar-refractivity contribution in [1.29, 1.82) is 0 Å². The summed E-state index contributed by atoms with van der Waals surface area (Å²) in [6, 6.07) is 12.3.